The second-order valence-electron chi connectivity index (χ2n) is 4.48. The van der Waals surface area contributed by atoms with Crippen LogP contribution in [0, 0.1) is 0 Å². The lowest BCUT2D eigenvalue weighted by Gasteiger charge is -2.09. The first-order valence-corrected chi connectivity index (χ1v) is 6.92. The molecule has 0 bridgehead atoms. The third kappa shape index (κ3) is 4.45. The SMILES string of the molecule is CCn1cccc1CNCCCOc1ccccc1. The van der Waals surface area contributed by atoms with Crippen molar-refractivity contribution in [3.05, 3.63) is 54.4 Å². The van der Waals surface area contributed by atoms with Crippen molar-refractivity contribution in [1.29, 1.82) is 0 Å². The molecule has 2 rings (SSSR count). The quantitative estimate of drug-likeness (QED) is 0.736. The average Bonchev–Trinajstić information content (AvgIpc) is 2.91. The zero-order valence-electron chi connectivity index (χ0n) is 11.5. The van der Waals surface area contributed by atoms with Gasteiger partial charge in [0.25, 0.3) is 0 Å². The molecule has 3 heteroatoms. The van der Waals surface area contributed by atoms with Crippen molar-refractivity contribution >= 4 is 0 Å². The molecule has 0 aliphatic rings. The van der Waals surface area contributed by atoms with Gasteiger partial charge in [-0.2, -0.15) is 0 Å². The minimum absolute atomic E-state index is 0.756. The van der Waals surface area contributed by atoms with Gasteiger partial charge in [-0.25, -0.2) is 0 Å². The zero-order valence-corrected chi connectivity index (χ0v) is 11.5. The van der Waals surface area contributed by atoms with Crippen molar-refractivity contribution in [3.8, 4) is 5.75 Å². The molecule has 0 fully saturated rings. The van der Waals surface area contributed by atoms with Crippen LogP contribution in [0.4, 0.5) is 0 Å². The van der Waals surface area contributed by atoms with E-state index in [0.717, 1.165) is 38.4 Å². The fraction of sp³-hybridized carbons (Fsp3) is 0.375. The van der Waals surface area contributed by atoms with Gasteiger partial charge in [0, 0.05) is 25.0 Å². The number of benzene rings is 1. The van der Waals surface area contributed by atoms with Crippen LogP contribution in [0.15, 0.2) is 48.7 Å². The number of aryl methyl sites for hydroxylation is 1. The first-order chi connectivity index (χ1) is 9.40. The van der Waals surface area contributed by atoms with Crippen LogP contribution in [0.25, 0.3) is 0 Å². The van der Waals surface area contributed by atoms with E-state index in [4.69, 9.17) is 4.74 Å². The molecule has 0 saturated carbocycles. The summed E-state index contributed by atoms with van der Waals surface area (Å²) in [6.07, 6.45) is 3.14. The number of ether oxygens (including phenoxy) is 1. The van der Waals surface area contributed by atoms with Crippen LogP contribution in [0.2, 0.25) is 0 Å². The van der Waals surface area contributed by atoms with Crippen LogP contribution in [0.5, 0.6) is 5.75 Å². The fourth-order valence-corrected chi connectivity index (χ4v) is 2.04. The smallest absolute Gasteiger partial charge is 0.119 e. The molecule has 1 heterocycles. The van der Waals surface area contributed by atoms with Gasteiger partial charge in [0.15, 0.2) is 0 Å². The van der Waals surface area contributed by atoms with Crippen molar-refractivity contribution in [2.75, 3.05) is 13.2 Å². The molecule has 0 aliphatic carbocycles. The molecule has 0 saturated heterocycles. The maximum absolute atomic E-state index is 5.64. The monoisotopic (exact) mass is 258 g/mol. The Kier molecular flexibility index (Phi) is 5.50. The van der Waals surface area contributed by atoms with Crippen LogP contribution in [0.3, 0.4) is 0 Å². The van der Waals surface area contributed by atoms with E-state index in [1.807, 2.05) is 30.3 Å². The van der Waals surface area contributed by atoms with E-state index in [-0.39, 0.29) is 0 Å². The maximum atomic E-state index is 5.64. The standard InChI is InChI=1S/C16H22N2O/c1-2-18-12-6-8-15(18)14-17-11-7-13-19-16-9-4-3-5-10-16/h3-6,8-10,12,17H,2,7,11,13-14H2,1H3. The third-order valence-electron chi connectivity index (χ3n) is 3.08. The van der Waals surface area contributed by atoms with Crippen LogP contribution < -0.4 is 10.1 Å². The van der Waals surface area contributed by atoms with Gasteiger partial charge >= 0.3 is 0 Å². The van der Waals surface area contributed by atoms with Gasteiger partial charge in [0.05, 0.1) is 6.61 Å². The molecule has 0 radical (unpaired) electrons. The van der Waals surface area contributed by atoms with Gasteiger partial charge in [-0.05, 0) is 44.2 Å². The summed E-state index contributed by atoms with van der Waals surface area (Å²) in [6.45, 7) is 5.85. The number of rotatable bonds is 8. The molecule has 0 unspecified atom stereocenters. The lowest BCUT2D eigenvalue weighted by atomic mass is 10.3. The topological polar surface area (TPSA) is 26.2 Å². The Morgan fingerprint density at radius 3 is 2.74 bits per heavy atom. The van der Waals surface area contributed by atoms with Crippen molar-refractivity contribution in [2.45, 2.75) is 26.4 Å². The minimum Gasteiger partial charge on any atom is -0.494 e. The second kappa shape index (κ2) is 7.64. The molecule has 2 aromatic rings. The molecule has 19 heavy (non-hydrogen) atoms. The molecule has 0 amide bonds. The summed E-state index contributed by atoms with van der Waals surface area (Å²) < 4.78 is 7.90. The third-order valence-corrected chi connectivity index (χ3v) is 3.08. The summed E-state index contributed by atoms with van der Waals surface area (Å²) in [5.41, 5.74) is 1.34. The van der Waals surface area contributed by atoms with Crippen molar-refractivity contribution in [3.63, 3.8) is 0 Å². The molecule has 0 atom stereocenters. The molecular formula is C16H22N2O. The summed E-state index contributed by atoms with van der Waals surface area (Å²) in [4.78, 5) is 0. The Morgan fingerprint density at radius 2 is 1.95 bits per heavy atom. The van der Waals surface area contributed by atoms with E-state index in [1.54, 1.807) is 0 Å². The highest BCUT2D eigenvalue weighted by Gasteiger charge is 1.98. The predicted molar refractivity (Wildman–Crippen MR) is 78.4 cm³/mol. The van der Waals surface area contributed by atoms with Gasteiger partial charge in [-0.3, -0.25) is 0 Å². The minimum atomic E-state index is 0.756. The van der Waals surface area contributed by atoms with Gasteiger partial charge in [0.1, 0.15) is 5.75 Å². The normalized spacial score (nSPS) is 10.6. The first kappa shape index (κ1) is 13.7. The highest BCUT2D eigenvalue weighted by atomic mass is 16.5. The van der Waals surface area contributed by atoms with Gasteiger partial charge in [0.2, 0.25) is 0 Å². The summed E-state index contributed by atoms with van der Waals surface area (Å²) in [6, 6.07) is 14.2. The van der Waals surface area contributed by atoms with Gasteiger partial charge in [-0.1, -0.05) is 18.2 Å². The highest BCUT2D eigenvalue weighted by molar-refractivity contribution is 5.20. The van der Waals surface area contributed by atoms with E-state index >= 15 is 0 Å². The van der Waals surface area contributed by atoms with Crippen molar-refractivity contribution < 1.29 is 4.74 Å². The van der Waals surface area contributed by atoms with Crippen LogP contribution in [-0.2, 0) is 13.1 Å². The van der Waals surface area contributed by atoms with E-state index < -0.39 is 0 Å². The van der Waals surface area contributed by atoms with Gasteiger partial charge < -0.3 is 14.6 Å². The number of hydrogen-bond donors (Lipinski definition) is 1. The Balaban J connectivity index is 1.58. The maximum Gasteiger partial charge on any atom is 0.119 e. The molecule has 1 N–H and O–H groups in total. The fourth-order valence-electron chi connectivity index (χ4n) is 2.04. The lowest BCUT2D eigenvalue weighted by molar-refractivity contribution is 0.308. The number of nitrogens with zero attached hydrogens (tertiary/aromatic N) is 1. The first-order valence-electron chi connectivity index (χ1n) is 6.92. The van der Waals surface area contributed by atoms with Crippen LogP contribution >= 0.6 is 0 Å². The molecule has 102 valence electrons. The van der Waals surface area contributed by atoms with Crippen LogP contribution in [-0.4, -0.2) is 17.7 Å². The Labute approximate surface area is 115 Å². The zero-order chi connectivity index (χ0) is 13.3. The van der Waals surface area contributed by atoms with E-state index in [2.05, 4.69) is 35.1 Å². The second-order valence-corrected chi connectivity index (χ2v) is 4.48. The largest absolute Gasteiger partial charge is 0.494 e. The van der Waals surface area contributed by atoms with Crippen LogP contribution in [0.1, 0.15) is 19.0 Å². The predicted octanol–water partition coefficient (Wildman–Crippen LogP) is 3.07. The Morgan fingerprint density at radius 1 is 1.11 bits per heavy atom. The van der Waals surface area contributed by atoms with Crippen molar-refractivity contribution in [2.24, 2.45) is 0 Å². The molecule has 3 nitrogen and oxygen atoms in total. The molecule has 0 aliphatic heterocycles. The number of aromatic nitrogens is 1. The number of hydrogen-bond acceptors (Lipinski definition) is 2. The summed E-state index contributed by atoms with van der Waals surface area (Å²) in [5.74, 6) is 0.947. The van der Waals surface area contributed by atoms with E-state index in [1.165, 1.54) is 5.69 Å². The van der Waals surface area contributed by atoms with E-state index in [9.17, 15) is 0 Å². The van der Waals surface area contributed by atoms with Crippen molar-refractivity contribution in [1.82, 2.24) is 9.88 Å². The van der Waals surface area contributed by atoms with E-state index in [0.29, 0.717) is 0 Å². The molecule has 1 aromatic heterocycles. The lowest BCUT2D eigenvalue weighted by Crippen LogP contribution is -2.18. The average molecular weight is 258 g/mol. The molecule has 0 spiro atoms. The Hall–Kier alpha value is -1.74. The summed E-state index contributed by atoms with van der Waals surface area (Å²) in [7, 11) is 0. The number of nitrogens with one attached hydrogen (secondary N) is 1. The summed E-state index contributed by atoms with van der Waals surface area (Å²) in [5, 5.41) is 3.45. The molecular weight excluding hydrogens is 236 g/mol. The highest BCUT2D eigenvalue weighted by Crippen LogP contribution is 2.08. The molecule has 1 aromatic carbocycles. The Bertz CT molecular complexity index is 465. The number of para-hydroxylation sites is 1. The van der Waals surface area contributed by atoms with Gasteiger partial charge in [-0.15, -0.1) is 0 Å². The summed E-state index contributed by atoms with van der Waals surface area (Å²) >= 11 is 0.